The van der Waals surface area contributed by atoms with E-state index in [9.17, 15) is 4.79 Å². The first-order valence-electron chi connectivity index (χ1n) is 6.74. The van der Waals surface area contributed by atoms with Crippen molar-refractivity contribution in [3.05, 3.63) is 52.8 Å². The van der Waals surface area contributed by atoms with E-state index in [1.54, 1.807) is 43.5 Å². The molecule has 0 atom stereocenters. The number of ether oxygens (including phenoxy) is 1. The number of carbonyl (C=O) groups excluding carboxylic acids is 1. The fourth-order valence-corrected chi connectivity index (χ4v) is 2.17. The Kier molecular flexibility index (Phi) is 5.17. The molecule has 4 nitrogen and oxygen atoms in total. The minimum Gasteiger partial charge on any atom is -0.497 e. The van der Waals surface area contributed by atoms with Gasteiger partial charge in [0.15, 0.2) is 0 Å². The molecule has 21 heavy (non-hydrogen) atoms. The van der Waals surface area contributed by atoms with Crippen LogP contribution in [0.1, 0.15) is 29.4 Å². The van der Waals surface area contributed by atoms with Crippen molar-refractivity contribution in [2.75, 3.05) is 12.4 Å². The topological polar surface area (TPSA) is 51.2 Å². The maximum Gasteiger partial charge on any atom is 0.255 e. The predicted molar refractivity (Wildman–Crippen MR) is 84.2 cm³/mol. The van der Waals surface area contributed by atoms with Crippen LogP contribution in [0.4, 0.5) is 5.69 Å². The number of methoxy groups -OCH3 is 1. The molecule has 0 aliphatic rings. The van der Waals surface area contributed by atoms with Crippen molar-refractivity contribution in [1.82, 2.24) is 4.98 Å². The third kappa shape index (κ3) is 4.20. The monoisotopic (exact) mass is 304 g/mol. The highest BCUT2D eigenvalue weighted by atomic mass is 35.5. The summed E-state index contributed by atoms with van der Waals surface area (Å²) < 4.78 is 5.08. The normalized spacial score (nSPS) is 10.2. The van der Waals surface area contributed by atoms with Gasteiger partial charge >= 0.3 is 0 Å². The number of pyridine rings is 1. The molecule has 0 saturated heterocycles. The van der Waals surface area contributed by atoms with Gasteiger partial charge in [-0.1, -0.05) is 24.9 Å². The van der Waals surface area contributed by atoms with Crippen molar-refractivity contribution < 1.29 is 9.53 Å². The van der Waals surface area contributed by atoms with E-state index in [0.717, 1.165) is 24.3 Å². The maximum absolute atomic E-state index is 12.2. The quantitative estimate of drug-likeness (QED) is 0.851. The summed E-state index contributed by atoms with van der Waals surface area (Å²) in [6, 6.07) is 10.5. The number of amides is 1. The van der Waals surface area contributed by atoms with Crippen molar-refractivity contribution in [2.24, 2.45) is 0 Å². The maximum atomic E-state index is 12.2. The number of nitrogens with one attached hydrogen (secondary N) is 1. The van der Waals surface area contributed by atoms with Gasteiger partial charge in [0.1, 0.15) is 10.9 Å². The predicted octanol–water partition coefficient (Wildman–Crippen LogP) is 3.95. The average molecular weight is 305 g/mol. The number of hydrogen-bond donors (Lipinski definition) is 1. The van der Waals surface area contributed by atoms with E-state index >= 15 is 0 Å². The molecule has 0 fully saturated rings. The van der Waals surface area contributed by atoms with Crippen molar-refractivity contribution in [2.45, 2.75) is 19.8 Å². The summed E-state index contributed by atoms with van der Waals surface area (Å²) in [6.07, 6.45) is 1.75. The summed E-state index contributed by atoms with van der Waals surface area (Å²) in [7, 11) is 1.60. The minimum atomic E-state index is -0.207. The lowest BCUT2D eigenvalue weighted by atomic mass is 10.1. The van der Waals surface area contributed by atoms with E-state index in [0.29, 0.717) is 16.4 Å². The number of carbonyl (C=O) groups is 1. The Balaban J connectivity index is 2.15. The van der Waals surface area contributed by atoms with Gasteiger partial charge in [0.2, 0.25) is 0 Å². The number of aromatic nitrogens is 1. The minimum absolute atomic E-state index is 0.207. The zero-order chi connectivity index (χ0) is 15.2. The van der Waals surface area contributed by atoms with E-state index in [4.69, 9.17) is 16.3 Å². The number of nitrogens with zero attached hydrogens (tertiary/aromatic N) is 1. The van der Waals surface area contributed by atoms with Gasteiger partial charge in [0.05, 0.1) is 7.11 Å². The van der Waals surface area contributed by atoms with Gasteiger partial charge in [0, 0.05) is 16.9 Å². The number of hydrogen-bond acceptors (Lipinski definition) is 3. The molecule has 110 valence electrons. The fourth-order valence-electron chi connectivity index (χ4n) is 1.94. The van der Waals surface area contributed by atoms with Gasteiger partial charge in [-0.25, -0.2) is 4.98 Å². The molecule has 1 N–H and O–H groups in total. The van der Waals surface area contributed by atoms with Crippen molar-refractivity contribution >= 4 is 23.2 Å². The van der Waals surface area contributed by atoms with E-state index in [2.05, 4.69) is 17.2 Å². The summed E-state index contributed by atoms with van der Waals surface area (Å²) in [5, 5.41) is 3.16. The first kappa shape index (κ1) is 15.3. The van der Waals surface area contributed by atoms with Gasteiger partial charge in [-0.05, 0) is 42.8 Å². The molecule has 0 saturated carbocycles. The van der Waals surface area contributed by atoms with Crippen LogP contribution in [0.15, 0.2) is 36.4 Å². The molecule has 0 bridgehead atoms. The summed E-state index contributed by atoms with van der Waals surface area (Å²) in [4.78, 5) is 16.5. The van der Waals surface area contributed by atoms with Gasteiger partial charge < -0.3 is 10.1 Å². The molecule has 2 rings (SSSR count). The second-order valence-corrected chi connectivity index (χ2v) is 4.99. The molecule has 1 aromatic heterocycles. The highest BCUT2D eigenvalue weighted by molar-refractivity contribution is 6.29. The van der Waals surface area contributed by atoms with Crippen LogP contribution in [-0.2, 0) is 6.42 Å². The van der Waals surface area contributed by atoms with Crippen LogP contribution in [0.3, 0.4) is 0 Å². The molecule has 0 aliphatic heterocycles. The smallest absolute Gasteiger partial charge is 0.255 e. The Hall–Kier alpha value is -2.07. The fraction of sp³-hybridized carbons (Fsp3) is 0.250. The van der Waals surface area contributed by atoms with Gasteiger partial charge in [-0.15, -0.1) is 0 Å². The van der Waals surface area contributed by atoms with Crippen molar-refractivity contribution in [1.29, 1.82) is 0 Å². The van der Waals surface area contributed by atoms with Crippen molar-refractivity contribution in [3.63, 3.8) is 0 Å². The van der Waals surface area contributed by atoms with Crippen LogP contribution in [0.25, 0.3) is 0 Å². The molecule has 5 heteroatoms. The zero-order valence-corrected chi connectivity index (χ0v) is 12.8. The molecule has 1 aromatic carbocycles. The molecule has 0 radical (unpaired) electrons. The van der Waals surface area contributed by atoms with Crippen molar-refractivity contribution in [3.8, 4) is 5.75 Å². The molecule has 1 amide bonds. The molecular weight excluding hydrogens is 288 g/mol. The number of benzene rings is 1. The Morgan fingerprint density at radius 2 is 2.00 bits per heavy atom. The molecule has 2 aromatic rings. The highest BCUT2D eigenvalue weighted by Crippen LogP contribution is 2.17. The number of anilines is 1. The largest absolute Gasteiger partial charge is 0.497 e. The number of halogens is 1. The zero-order valence-electron chi connectivity index (χ0n) is 12.0. The Bertz CT molecular complexity index is 627. The third-order valence-electron chi connectivity index (χ3n) is 2.96. The van der Waals surface area contributed by atoms with E-state index in [1.165, 1.54) is 0 Å². The van der Waals surface area contributed by atoms with Gasteiger partial charge in [0.25, 0.3) is 5.91 Å². The standard InChI is InChI=1S/C16H17ClN2O2/c1-3-4-13-9-11(10-15(17)18-13)16(20)19-12-5-7-14(21-2)8-6-12/h5-10H,3-4H2,1-2H3,(H,19,20). The van der Waals surface area contributed by atoms with Gasteiger partial charge in [-0.2, -0.15) is 0 Å². The molecule has 0 unspecified atom stereocenters. The highest BCUT2D eigenvalue weighted by Gasteiger charge is 2.09. The number of rotatable bonds is 5. The lowest BCUT2D eigenvalue weighted by Gasteiger charge is -2.08. The molecule has 0 aliphatic carbocycles. The molecule has 0 spiro atoms. The Labute approximate surface area is 129 Å². The van der Waals surface area contributed by atoms with Crippen LogP contribution in [0, 0.1) is 0 Å². The Morgan fingerprint density at radius 1 is 1.29 bits per heavy atom. The van der Waals surface area contributed by atoms with Crippen LogP contribution in [0.5, 0.6) is 5.75 Å². The second kappa shape index (κ2) is 7.09. The second-order valence-electron chi connectivity index (χ2n) is 4.60. The summed E-state index contributed by atoms with van der Waals surface area (Å²) in [6.45, 7) is 2.06. The van der Waals surface area contributed by atoms with E-state index in [1.807, 2.05) is 0 Å². The SMILES string of the molecule is CCCc1cc(C(=O)Nc2ccc(OC)cc2)cc(Cl)n1. The summed E-state index contributed by atoms with van der Waals surface area (Å²) >= 11 is 5.96. The van der Waals surface area contributed by atoms with E-state index in [-0.39, 0.29) is 5.91 Å². The van der Waals surface area contributed by atoms with E-state index < -0.39 is 0 Å². The average Bonchev–Trinajstić information content (AvgIpc) is 2.48. The lowest BCUT2D eigenvalue weighted by Crippen LogP contribution is -2.12. The summed E-state index contributed by atoms with van der Waals surface area (Å²) in [5.74, 6) is 0.534. The number of aryl methyl sites for hydroxylation is 1. The first-order chi connectivity index (χ1) is 10.1. The first-order valence-corrected chi connectivity index (χ1v) is 7.12. The van der Waals surface area contributed by atoms with Crippen LogP contribution >= 0.6 is 11.6 Å². The summed E-state index contributed by atoms with van der Waals surface area (Å²) in [5.41, 5.74) is 2.03. The third-order valence-corrected chi connectivity index (χ3v) is 3.16. The van der Waals surface area contributed by atoms with Crippen LogP contribution < -0.4 is 10.1 Å². The molecular formula is C16H17ClN2O2. The Morgan fingerprint density at radius 3 is 2.62 bits per heavy atom. The molecule has 1 heterocycles. The van der Waals surface area contributed by atoms with Crippen LogP contribution in [-0.4, -0.2) is 18.0 Å². The van der Waals surface area contributed by atoms with Gasteiger partial charge in [-0.3, -0.25) is 4.79 Å². The lowest BCUT2D eigenvalue weighted by molar-refractivity contribution is 0.102. The van der Waals surface area contributed by atoms with Crippen LogP contribution in [0.2, 0.25) is 5.15 Å².